The minimum atomic E-state index is -0.114. The Bertz CT molecular complexity index is 312. The van der Waals surface area contributed by atoms with Crippen LogP contribution < -0.4 is 0 Å². The fourth-order valence-corrected chi connectivity index (χ4v) is 2.02. The van der Waals surface area contributed by atoms with Crippen LogP contribution >= 0.6 is 0 Å². The van der Waals surface area contributed by atoms with E-state index in [2.05, 4.69) is 0 Å². The van der Waals surface area contributed by atoms with E-state index in [4.69, 9.17) is 9.84 Å². The third kappa shape index (κ3) is 2.30. The first-order valence-corrected chi connectivity index (χ1v) is 5.21. The first-order valence-electron chi connectivity index (χ1n) is 5.21. The lowest BCUT2D eigenvalue weighted by Gasteiger charge is -2.24. The predicted octanol–water partition coefficient (Wildman–Crippen LogP) is 1.33. The zero-order chi connectivity index (χ0) is 10.7. The van der Waals surface area contributed by atoms with Gasteiger partial charge in [-0.15, -0.1) is 0 Å². The van der Waals surface area contributed by atoms with Crippen molar-refractivity contribution in [2.75, 3.05) is 19.8 Å². The van der Waals surface area contributed by atoms with Crippen LogP contribution in [0, 0.1) is 5.41 Å². The van der Waals surface area contributed by atoms with Gasteiger partial charge in [0.05, 0.1) is 13.2 Å². The van der Waals surface area contributed by atoms with Gasteiger partial charge in [0.2, 0.25) is 0 Å². The number of rotatable bonds is 3. The lowest BCUT2D eigenvalue weighted by Crippen LogP contribution is -2.28. The van der Waals surface area contributed by atoms with Gasteiger partial charge >= 0.3 is 0 Å². The molecular weight excluding hydrogens is 192 g/mol. The molecule has 0 radical (unpaired) electrons. The van der Waals surface area contributed by atoms with Gasteiger partial charge in [-0.1, -0.05) is 12.1 Å². The maximum absolute atomic E-state index is 9.40. The van der Waals surface area contributed by atoms with Crippen LogP contribution in [0.3, 0.4) is 0 Å². The Morgan fingerprint density at radius 3 is 2.53 bits per heavy atom. The molecule has 0 aromatic heterocycles. The van der Waals surface area contributed by atoms with Crippen molar-refractivity contribution in [1.29, 1.82) is 0 Å². The molecule has 2 rings (SSSR count). The minimum Gasteiger partial charge on any atom is -0.508 e. The van der Waals surface area contributed by atoms with Crippen molar-refractivity contribution in [3.8, 4) is 5.75 Å². The molecular formula is C12H16O3. The van der Waals surface area contributed by atoms with Crippen LogP contribution in [-0.2, 0) is 11.2 Å². The molecule has 0 saturated carbocycles. The van der Waals surface area contributed by atoms with E-state index in [1.807, 2.05) is 12.1 Å². The third-order valence-electron chi connectivity index (χ3n) is 3.04. The van der Waals surface area contributed by atoms with Crippen molar-refractivity contribution in [3.63, 3.8) is 0 Å². The minimum absolute atomic E-state index is 0.114. The standard InChI is InChI=1S/C12H16O3/c13-8-12(5-6-15-9-12)7-10-1-3-11(14)4-2-10/h1-4,13-14H,5-9H2. The summed E-state index contributed by atoms with van der Waals surface area (Å²) < 4.78 is 5.34. The number of aliphatic hydroxyl groups excluding tert-OH is 1. The fourth-order valence-electron chi connectivity index (χ4n) is 2.02. The second-order valence-electron chi connectivity index (χ2n) is 4.30. The van der Waals surface area contributed by atoms with E-state index >= 15 is 0 Å². The number of aromatic hydroxyl groups is 1. The second kappa shape index (κ2) is 4.21. The van der Waals surface area contributed by atoms with Gasteiger partial charge in [-0.2, -0.15) is 0 Å². The van der Waals surface area contributed by atoms with Crippen molar-refractivity contribution in [2.45, 2.75) is 12.8 Å². The molecule has 0 bridgehead atoms. The van der Waals surface area contributed by atoms with Crippen LogP contribution in [0.2, 0.25) is 0 Å². The normalized spacial score (nSPS) is 25.7. The Hall–Kier alpha value is -1.06. The maximum atomic E-state index is 9.40. The SMILES string of the molecule is OCC1(Cc2ccc(O)cc2)CCOC1. The quantitative estimate of drug-likeness (QED) is 0.788. The van der Waals surface area contributed by atoms with E-state index < -0.39 is 0 Å². The highest BCUT2D eigenvalue weighted by atomic mass is 16.5. The fraction of sp³-hybridized carbons (Fsp3) is 0.500. The van der Waals surface area contributed by atoms with Crippen LogP contribution in [0.15, 0.2) is 24.3 Å². The van der Waals surface area contributed by atoms with Crippen LogP contribution in [0.5, 0.6) is 5.75 Å². The summed E-state index contributed by atoms with van der Waals surface area (Å²) in [5.41, 5.74) is 1.02. The van der Waals surface area contributed by atoms with E-state index in [0.717, 1.165) is 25.0 Å². The van der Waals surface area contributed by atoms with Gasteiger partial charge in [0.25, 0.3) is 0 Å². The molecule has 0 spiro atoms. The molecule has 1 aliphatic rings. The van der Waals surface area contributed by atoms with Crippen molar-refractivity contribution >= 4 is 0 Å². The number of phenols is 1. The molecule has 3 heteroatoms. The highest BCUT2D eigenvalue weighted by Crippen LogP contribution is 2.32. The summed E-state index contributed by atoms with van der Waals surface area (Å²) in [6, 6.07) is 7.14. The largest absolute Gasteiger partial charge is 0.508 e. The zero-order valence-electron chi connectivity index (χ0n) is 8.65. The molecule has 1 unspecified atom stereocenters. The average molecular weight is 208 g/mol. The topological polar surface area (TPSA) is 49.7 Å². The first kappa shape index (κ1) is 10.5. The van der Waals surface area contributed by atoms with Gasteiger partial charge in [-0.3, -0.25) is 0 Å². The van der Waals surface area contributed by atoms with E-state index in [1.165, 1.54) is 0 Å². The van der Waals surface area contributed by atoms with Gasteiger partial charge in [0.1, 0.15) is 5.75 Å². The van der Waals surface area contributed by atoms with Gasteiger partial charge in [-0.05, 0) is 30.5 Å². The second-order valence-corrected chi connectivity index (χ2v) is 4.30. The van der Waals surface area contributed by atoms with Gasteiger partial charge in [0, 0.05) is 12.0 Å². The Labute approximate surface area is 89.3 Å². The van der Waals surface area contributed by atoms with Gasteiger partial charge in [-0.25, -0.2) is 0 Å². The van der Waals surface area contributed by atoms with E-state index in [0.29, 0.717) is 6.61 Å². The average Bonchev–Trinajstić information content (AvgIpc) is 2.71. The van der Waals surface area contributed by atoms with Crippen molar-refractivity contribution < 1.29 is 14.9 Å². The van der Waals surface area contributed by atoms with Crippen LogP contribution in [0.25, 0.3) is 0 Å². The van der Waals surface area contributed by atoms with Crippen molar-refractivity contribution in [3.05, 3.63) is 29.8 Å². The molecule has 1 saturated heterocycles. The first-order chi connectivity index (χ1) is 7.24. The maximum Gasteiger partial charge on any atom is 0.115 e. The Morgan fingerprint density at radius 2 is 2.00 bits per heavy atom. The summed E-state index contributed by atoms with van der Waals surface area (Å²) in [6.45, 7) is 1.52. The smallest absolute Gasteiger partial charge is 0.115 e. The molecule has 2 N–H and O–H groups in total. The van der Waals surface area contributed by atoms with Gasteiger partial charge in [0.15, 0.2) is 0 Å². The molecule has 0 aliphatic carbocycles. The van der Waals surface area contributed by atoms with Crippen LogP contribution in [0.4, 0.5) is 0 Å². The zero-order valence-corrected chi connectivity index (χ0v) is 8.65. The Balaban J connectivity index is 2.09. The third-order valence-corrected chi connectivity index (χ3v) is 3.04. The molecule has 1 fully saturated rings. The van der Waals surface area contributed by atoms with E-state index in [9.17, 15) is 5.11 Å². The monoisotopic (exact) mass is 208 g/mol. The predicted molar refractivity (Wildman–Crippen MR) is 56.8 cm³/mol. The molecule has 3 nitrogen and oxygen atoms in total. The summed E-state index contributed by atoms with van der Waals surface area (Å²) in [5, 5.41) is 18.6. The van der Waals surface area contributed by atoms with Crippen LogP contribution in [-0.4, -0.2) is 30.0 Å². The molecule has 1 aromatic rings. The number of ether oxygens (including phenoxy) is 1. The van der Waals surface area contributed by atoms with E-state index in [1.54, 1.807) is 12.1 Å². The Morgan fingerprint density at radius 1 is 1.27 bits per heavy atom. The molecule has 82 valence electrons. The Kier molecular flexibility index (Phi) is 2.93. The molecule has 1 atom stereocenters. The highest BCUT2D eigenvalue weighted by molar-refractivity contribution is 5.26. The highest BCUT2D eigenvalue weighted by Gasteiger charge is 2.34. The lowest BCUT2D eigenvalue weighted by molar-refractivity contribution is 0.0935. The number of benzene rings is 1. The molecule has 1 heterocycles. The summed E-state index contributed by atoms with van der Waals surface area (Å²) in [7, 11) is 0. The summed E-state index contributed by atoms with van der Waals surface area (Å²) >= 11 is 0. The number of aliphatic hydroxyl groups is 1. The number of hydrogen-bond acceptors (Lipinski definition) is 3. The lowest BCUT2D eigenvalue weighted by atomic mass is 9.82. The summed E-state index contributed by atoms with van der Waals surface area (Å²) in [6.07, 6.45) is 1.72. The molecule has 15 heavy (non-hydrogen) atoms. The molecule has 0 amide bonds. The van der Waals surface area contributed by atoms with Crippen molar-refractivity contribution in [1.82, 2.24) is 0 Å². The van der Waals surface area contributed by atoms with E-state index in [-0.39, 0.29) is 17.8 Å². The van der Waals surface area contributed by atoms with Crippen molar-refractivity contribution in [2.24, 2.45) is 5.41 Å². The molecule has 1 aliphatic heterocycles. The van der Waals surface area contributed by atoms with Crippen LogP contribution in [0.1, 0.15) is 12.0 Å². The number of hydrogen-bond donors (Lipinski definition) is 2. The summed E-state index contributed by atoms with van der Waals surface area (Å²) in [5.74, 6) is 0.277. The summed E-state index contributed by atoms with van der Waals surface area (Å²) in [4.78, 5) is 0. The number of phenolic OH excluding ortho intramolecular Hbond substituents is 1. The molecule has 1 aromatic carbocycles. The van der Waals surface area contributed by atoms with Gasteiger partial charge < -0.3 is 14.9 Å².